The molecule has 2 aliphatic rings. The molecule has 3 rings (SSSR count). The molecule has 0 unspecified atom stereocenters. The fourth-order valence-electron chi connectivity index (χ4n) is 2.28. The first kappa shape index (κ1) is 12.3. The Hall–Kier alpha value is -2.69. The Bertz CT molecular complexity index is 863. The van der Waals surface area contributed by atoms with Gasteiger partial charge in [0, 0.05) is 19.8 Å². The molecule has 5 nitrogen and oxygen atoms in total. The lowest BCUT2D eigenvalue weighted by atomic mass is 10.1. The molecule has 0 atom stereocenters. The van der Waals surface area contributed by atoms with Gasteiger partial charge in [-0.25, -0.2) is 4.79 Å². The number of hydrogen-bond acceptors (Lipinski definition) is 3. The zero-order chi connectivity index (χ0) is 14.3. The van der Waals surface area contributed by atoms with Crippen molar-refractivity contribution in [3.63, 3.8) is 0 Å². The fourth-order valence-corrected chi connectivity index (χ4v) is 2.28. The lowest BCUT2D eigenvalue weighted by Gasteiger charge is -2.15. The molecule has 0 radical (unpaired) electrons. The monoisotopic (exact) mass is 267 g/mol. The van der Waals surface area contributed by atoms with Crippen LogP contribution in [0.5, 0.6) is 0 Å². The van der Waals surface area contributed by atoms with Crippen LogP contribution in [0.2, 0.25) is 0 Å². The van der Waals surface area contributed by atoms with E-state index in [1.54, 1.807) is 17.7 Å². The standard InChI is InChI=1S/C15H13N3O2/c1-17-12(10-6-4-3-5-7-10)9-8-11-13(17)16-15(20)18(2)14(11)19/h3-9H,1-2H3. The summed E-state index contributed by atoms with van der Waals surface area (Å²) < 4.78 is 2.79. The van der Waals surface area contributed by atoms with E-state index in [2.05, 4.69) is 4.98 Å². The van der Waals surface area contributed by atoms with Gasteiger partial charge in [-0.1, -0.05) is 30.3 Å². The number of aromatic nitrogens is 3. The van der Waals surface area contributed by atoms with Gasteiger partial charge < -0.3 is 4.57 Å². The maximum absolute atomic E-state index is 12.1. The molecule has 0 aromatic heterocycles. The molecule has 5 heteroatoms. The molecule has 2 heterocycles. The van der Waals surface area contributed by atoms with Crippen LogP contribution in [0.3, 0.4) is 0 Å². The van der Waals surface area contributed by atoms with Crippen molar-refractivity contribution in [3.05, 3.63) is 63.3 Å². The van der Waals surface area contributed by atoms with Crippen molar-refractivity contribution in [1.29, 1.82) is 0 Å². The Labute approximate surface area is 115 Å². The molecule has 0 N–H and O–H groups in total. The molecule has 0 spiro atoms. The van der Waals surface area contributed by atoms with Crippen LogP contribution >= 0.6 is 0 Å². The highest BCUT2D eigenvalue weighted by Gasteiger charge is 2.16. The van der Waals surface area contributed by atoms with E-state index in [0.717, 1.165) is 15.8 Å². The maximum atomic E-state index is 12.1. The zero-order valence-corrected chi connectivity index (χ0v) is 11.2. The summed E-state index contributed by atoms with van der Waals surface area (Å²) in [6.45, 7) is 0. The van der Waals surface area contributed by atoms with Crippen molar-refractivity contribution in [2.75, 3.05) is 0 Å². The van der Waals surface area contributed by atoms with Crippen LogP contribution in [-0.2, 0) is 14.1 Å². The van der Waals surface area contributed by atoms with Crippen LogP contribution in [0, 0.1) is 0 Å². The van der Waals surface area contributed by atoms with Gasteiger partial charge in [0.05, 0.1) is 5.56 Å². The lowest BCUT2D eigenvalue weighted by molar-refractivity contribution is 0.752. The Kier molecular flexibility index (Phi) is 2.75. The average molecular weight is 267 g/mol. The summed E-state index contributed by atoms with van der Waals surface area (Å²) in [6.07, 6.45) is 0. The van der Waals surface area contributed by atoms with Gasteiger partial charge in [0.25, 0.3) is 5.56 Å². The van der Waals surface area contributed by atoms with Crippen molar-refractivity contribution in [2.45, 2.75) is 0 Å². The number of benzene rings is 1. The topological polar surface area (TPSA) is 56.9 Å². The molecule has 100 valence electrons. The smallest absolute Gasteiger partial charge is 0.328 e. The predicted molar refractivity (Wildman–Crippen MR) is 76.8 cm³/mol. The third-order valence-corrected chi connectivity index (χ3v) is 3.42. The summed E-state index contributed by atoms with van der Waals surface area (Å²) in [6, 6.07) is 13.3. The third-order valence-electron chi connectivity index (χ3n) is 3.42. The van der Waals surface area contributed by atoms with Crippen LogP contribution in [0.15, 0.2) is 52.1 Å². The van der Waals surface area contributed by atoms with Crippen LogP contribution in [0.25, 0.3) is 22.6 Å². The van der Waals surface area contributed by atoms with Gasteiger partial charge in [0.1, 0.15) is 0 Å². The van der Waals surface area contributed by atoms with Gasteiger partial charge in [-0.3, -0.25) is 9.36 Å². The van der Waals surface area contributed by atoms with Crippen LogP contribution in [0.1, 0.15) is 0 Å². The first-order valence-electron chi connectivity index (χ1n) is 6.22. The van der Waals surface area contributed by atoms with Gasteiger partial charge in [-0.2, -0.15) is 4.98 Å². The van der Waals surface area contributed by atoms with Crippen molar-refractivity contribution in [1.82, 2.24) is 14.1 Å². The minimum atomic E-state index is -0.539. The van der Waals surface area contributed by atoms with E-state index < -0.39 is 5.69 Å². The summed E-state index contributed by atoms with van der Waals surface area (Å²) in [7, 11) is 3.23. The number of rotatable bonds is 1. The highest BCUT2D eigenvalue weighted by molar-refractivity contribution is 5.66. The molecular weight excluding hydrogens is 254 g/mol. The van der Waals surface area contributed by atoms with E-state index in [0.29, 0.717) is 11.4 Å². The molecule has 20 heavy (non-hydrogen) atoms. The van der Waals surface area contributed by atoms with E-state index >= 15 is 0 Å². The maximum Gasteiger partial charge on any atom is 0.352 e. The second-order valence-electron chi connectivity index (χ2n) is 4.64. The van der Waals surface area contributed by atoms with Crippen molar-refractivity contribution in [3.8, 4) is 22.6 Å². The molecule has 0 saturated carbocycles. The second-order valence-corrected chi connectivity index (χ2v) is 4.64. The van der Waals surface area contributed by atoms with Crippen LogP contribution < -0.4 is 11.2 Å². The van der Waals surface area contributed by atoms with E-state index in [9.17, 15) is 9.59 Å². The highest BCUT2D eigenvalue weighted by atomic mass is 16.2. The number of pyridine rings is 1. The summed E-state index contributed by atoms with van der Waals surface area (Å²) in [4.78, 5) is 27.7. The number of fused-ring (bicyclic) bond motifs is 1. The molecule has 0 fully saturated rings. The summed E-state index contributed by atoms with van der Waals surface area (Å²) in [5, 5.41) is 0. The first-order valence-corrected chi connectivity index (χ1v) is 6.22. The van der Waals surface area contributed by atoms with Crippen LogP contribution in [0.4, 0.5) is 0 Å². The quantitative estimate of drug-likeness (QED) is 0.666. The second kappa shape index (κ2) is 4.45. The normalized spacial score (nSPS) is 10.9. The average Bonchev–Trinajstić information content (AvgIpc) is 2.47. The van der Waals surface area contributed by atoms with E-state index in [-0.39, 0.29) is 5.56 Å². The minimum Gasteiger partial charge on any atom is -0.328 e. The largest absolute Gasteiger partial charge is 0.352 e. The van der Waals surface area contributed by atoms with Crippen LogP contribution in [-0.4, -0.2) is 14.1 Å². The van der Waals surface area contributed by atoms with E-state index in [4.69, 9.17) is 0 Å². The van der Waals surface area contributed by atoms with Gasteiger partial charge in [0.2, 0.25) is 0 Å². The molecule has 0 bridgehead atoms. The predicted octanol–water partition coefficient (Wildman–Crippen LogP) is 1.25. The number of hydrogen-bond donors (Lipinski definition) is 0. The van der Waals surface area contributed by atoms with Gasteiger partial charge in [-0.05, 0) is 17.7 Å². The van der Waals surface area contributed by atoms with Gasteiger partial charge in [0.15, 0.2) is 5.82 Å². The third kappa shape index (κ3) is 1.75. The molecule has 2 aliphatic heterocycles. The molecule has 0 amide bonds. The molecule has 0 saturated heterocycles. The SMILES string of the molecule is Cn1c(-c2ccccc2)ccc2c(=O)n(C)c(=O)nc1-2. The van der Waals surface area contributed by atoms with Gasteiger partial charge >= 0.3 is 5.69 Å². The van der Waals surface area contributed by atoms with E-state index in [1.807, 2.05) is 36.4 Å². The van der Waals surface area contributed by atoms with Crippen molar-refractivity contribution < 1.29 is 0 Å². The Balaban J connectivity index is 2.38. The van der Waals surface area contributed by atoms with Crippen molar-refractivity contribution in [2.24, 2.45) is 14.1 Å². The highest BCUT2D eigenvalue weighted by Crippen LogP contribution is 2.23. The molecule has 1 aromatic rings. The Morgan fingerprint density at radius 2 is 1.60 bits per heavy atom. The lowest BCUT2D eigenvalue weighted by Crippen LogP contribution is -2.35. The van der Waals surface area contributed by atoms with Crippen molar-refractivity contribution >= 4 is 0 Å². The Morgan fingerprint density at radius 1 is 0.900 bits per heavy atom. The zero-order valence-electron chi connectivity index (χ0n) is 11.2. The number of nitrogens with zero attached hydrogens (tertiary/aromatic N) is 3. The Morgan fingerprint density at radius 3 is 2.30 bits per heavy atom. The summed E-state index contributed by atoms with van der Waals surface area (Å²) in [5.74, 6) is 0.402. The summed E-state index contributed by atoms with van der Waals surface area (Å²) in [5.41, 5.74) is 1.48. The minimum absolute atomic E-state index is 0.324. The summed E-state index contributed by atoms with van der Waals surface area (Å²) >= 11 is 0. The van der Waals surface area contributed by atoms with Gasteiger partial charge in [-0.15, -0.1) is 0 Å². The van der Waals surface area contributed by atoms with E-state index in [1.165, 1.54) is 7.05 Å². The fraction of sp³-hybridized carbons (Fsp3) is 0.133. The molecule has 1 aromatic carbocycles. The first-order chi connectivity index (χ1) is 9.59. The molecular formula is C15H13N3O2. The molecule has 0 aliphatic carbocycles.